The molecule has 6 nitrogen and oxygen atoms in total. The molecule has 166 valence electrons. The van der Waals surface area contributed by atoms with Crippen LogP contribution >= 0.6 is 23.2 Å². The lowest BCUT2D eigenvalue weighted by Gasteiger charge is -2.37. The van der Waals surface area contributed by atoms with Gasteiger partial charge in [0.05, 0.1) is 10.6 Å². The lowest BCUT2D eigenvalue weighted by molar-refractivity contribution is 0.295. The van der Waals surface area contributed by atoms with Crippen LogP contribution in [0.25, 0.3) is 0 Å². The Labute approximate surface area is 195 Å². The van der Waals surface area contributed by atoms with E-state index < -0.39 is 0 Å². The molecule has 0 saturated carbocycles. The molecule has 2 heterocycles. The highest BCUT2D eigenvalue weighted by Crippen LogP contribution is 2.33. The monoisotopic (exact) mass is 474 g/mol. The summed E-state index contributed by atoms with van der Waals surface area (Å²) in [7, 11) is 0. The van der Waals surface area contributed by atoms with Crippen molar-refractivity contribution in [2.75, 3.05) is 31.1 Å². The Balaban J connectivity index is 1.56. The number of piperazine rings is 1. The second kappa shape index (κ2) is 9.63. The van der Waals surface area contributed by atoms with E-state index in [1.165, 1.54) is 12.1 Å². The van der Waals surface area contributed by atoms with Crippen molar-refractivity contribution in [3.8, 4) is 11.6 Å². The fourth-order valence-corrected chi connectivity index (χ4v) is 3.87. The smallest absolute Gasteiger partial charge is 0.230 e. The van der Waals surface area contributed by atoms with Gasteiger partial charge in [0.25, 0.3) is 0 Å². The first-order valence-electron chi connectivity index (χ1n) is 10.0. The molecule has 2 aromatic carbocycles. The molecule has 1 N–H and O–H groups in total. The highest BCUT2D eigenvalue weighted by molar-refractivity contribution is 6.34. The molecule has 1 aliphatic rings. The fourth-order valence-electron chi connectivity index (χ4n) is 3.56. The topological polar surface area (TPSA) is 61.2 Å². The molecule has 1 aliphatic heterocycles. The second-order valence-corrected chi connectivity index (χ2v) is 8.20. The molecule has 0 unspecified atom stereocenters. The van der Waals surface area contributed by atoms with Gasteiger partial charge in [-0.3, -0.25) is 0 Å². The van der Waals surface area contributed by atoms with Crippen molar-refractivity contribution in [3.63, 3.8) is 0 Å². The average molecular weight is 475 g/mol. The molecule has 1 fully saturated rings. The summed E-state index contributed by atoms with van der Waals surface area (Å²) in [5, 5.41) is 14.3. The van der Waals surface area contributed by atoms with Crippen molar-refractivity contribution in [3.05, 3.63) is 81.7 Å². The Hall–Kier alpha value is -3.03. The molecule has 0 aliphatic carbocycles. The van der Waals surface area contributed by atoms with Gasteiger partial charge in [0.1, 0.15) is 11.6 Å². The summed E-state index contributed by atoms with van der Waals surface area (Å²) >= 11 is 12.3. The first-order valence-corrected chi connectivity index (χ1v) is 10.8. The molecule has 1 saturated heterocycles. The molecule has 0 atom stereocenters. The zero-order valence-corrected chi connectivity index (χ0v) is 18.8. The number of rotatable bonds is 4. The summed E-state index contributed by atoms with van der Waals surface area (Å²) in [6, 6.07) is 15.0. The van der Waals surface area contributed by atoms with E-state index in [-0.39, 0.29) is 11.7 Å². The van der Waals surface area contributed by atoms with E-state index in [4.69, 9.17) is 27.9 Å². The molecule has 1 aromatic heterocycles. The number of benzene rings is 2. The number of aryl methyl sites for hydroxylation is 1. The van der Waals surface area contributed by atoms with E-state index >= 15 is 0 Å². The highest BCUT2D eigenvalue weighted by atomic mass is 35.5. The second-order valence-electron chi connectivity index (χ2n) is 7.36. The average Bonchev–Trinajstić information content (AvgIpc) is 2.79. The molecule has 0 radical (unpaired) electrons. The maximum atomic E-state index is 13.2. The lowest BCUT2D eigenvalue weighted by atomic mass is 10.1. The summed E-state index contributed by atoms with van der Waals surface area (Å²) in [6.07, 6.45) is 0. The zero-order chi connectivity index (χ0) is 22.7. The fraction of sp³-hybridized carbons (Fsp3) is 0.217. The molecule has 32 heavy (non-hydrogen) atoms. The van der Waals surface area contributed by atoms with Crippen LogP contribution in [0.1, 0.15) is 11.3 Å². The van der Waals surface area contributed by atoms with Gasteiger partial charge in [-0.05, 0) is 55.5 Å². The van der Waals surface area contributed by atoms with Crippen molar-refractivity contribution < 1.29 is 14.3 Å². The van der Waals surface area contributed by atoms with Crippen molar-refractivity contribution >= 4 is 34.7 Å². The Morgan fingerprint density at radius 1 is 1.03 bits per heavy atom. The summed E-state index contributed by atoms with van der Waals surface area (Å²) in [5.41, 5.74) is 2.22. The molecule has 9 heteroatoms. The third-order valence-corrected chi connectivity index (χ3v) is 5.75. The van der Waals surface area contributed by atoms with Crippen LogP contribution in [0.15, 0.2) is 59.8 Å². The number of hydrogen-bond acceptors (Lipinski definition) is 5. The Kier molecular flexibility index (Phi) is 6.67. The first kappa shape index (κ1) is 22.2. The first-order chi connectivity index (χ1) is 15.4. The van der Waals surface area contributed by atoms with E-state index in [1.807, 2.05) is 17.9 Å². The van der Waals surface area contributed by atoms with Gasteiger partial charge in [-0.15, -0.1) is 0 Å². The van der Waals surface area contributed by atoms with Gasteiger partial charge in [0.2, 0.25) is 5.88 Å². The third kappa shape index (κ3) is 4.89. The zero-order valence-electron chi connectivity index (χ0n) is 17.3. The molecular formula is C23H21Cl2FN4O2. The minimum Gasteiger partial charge on any atom is -0.437 e. The number of hydrogen-bond donors (Lipinski definition) is 1. The number of amidine groups is 1. The highest BCUT2D eigenvalue weighted by Gasteiger charge is 2.25. The number of aromatic nitrogens is 1. The largest absolute Gasteiger partial charge is 0.437 e. The molecule has 0 amide bonds. The molecular weight excluding hydrogens is 454 g/mol. The maximum absolute atomic E-state index is 13.2. The third-order valence-electron chi connectivity index (χ3n) is 5.21. The number of anilines is 1. The quantitative estimate of drug-likeness (QED) is 0.231. The van der Waals surface area contributed by atoms with Crippen LogP contribution in [-0.4, -0.2) is 47.1 Å². The number of nitrogens with zero attached hydrogens (tertiary/aromatic N) is 4. The minimum atomic E-state index is -0.263. The summed E-state index contributed by atoms with van der Waals surface area (Å²) < 4.78 is 19.2. The SMILES string of the molecule is Cc1ccc(/C(=N/O)N2CCN(c3ccc(F)cc3)CC2)c(Oc2cc(Cl)ccc2Cl)n1. The van der Waals surface area contributed by atoms with Gasteiger partial charge in [-0.2, -0.15) is 0 Å². The van der Waals surface area contributed by atoms with Gasteiger partial charge in [0, 0.05) is 48.6 Å². The van der Waals surface area contributed by atoms with E-state index in [1.54, 1.807) is 36.4 Å². The van der Waals surface area contributed by atoms with Crippen LogP contribution < -0.4 is 9.64 Å². The van der Waals surface area contributed by atoms with Gasteiger partial charge in [-0.1, -0.05) is 28.4 Å². The Bertz CT molecular complexity index is 1130. The van der Waals surface area contributed by atoms with Crippen LogP contribution in [0.2, 0.25) is 10.0 Å². The molecule has 0 bridgehead atoms. The van der Waals surface area contributed by atoms with E-state index in [2.05, 4.69) is 15.0 Å². The van der Waals surface area contributed by atoms with E-state index in [0.717, 1.165) is 11.4 Å². The number of ether oxygens (including phenoxy) is 1. The van der Waals surface area contributed by atoms with Crippen LogP contribution in [0.3, 0.4) is 0 Å². The van der Waals surface area contributed by atoms with Crippen LogP contribution in [0.5, 0.6) is 11.6 Å². The van der Waals surface area contributed by atoms with E-state index in [9.17, 15) is 9.60 Å². The molecule has 3 aromatic rings. The van der Waals surface area contributed by atoms with Crippen molar-refractivity contribution in [2.45, 2.75) is 6.92 Å². The summed E-state index contributed by atoms with van der Waals surface area (Å²) in [4.78, 5) is 8.60. The van der Waals surface area contributed by atoms with Crippen molar-refractivity contribution in [2.24, 2.45) is 5.16 Å². The minimum absolute atomic E-state index is 0.263. The number of oxime groups is 1. The van der Waals surface area contributed by atoms with E-state index in [0.29, 0.717) is 53.4 Å². The normalized spacial score (nSPS) is 14.6. The Morgan fingerprint density at radius 3 is 2.44 bits per heavy atom. The van der Waals surface area contributed by atoms with Gasteiger partial charge in [-0.25, -0.2) is 9.37 Å². The van der Waals surface area contributed by atoms with Gasteiger partial charge in [0.15, 0.2) is 5.84 Å². The number of halogens is 3. The lowest BCUT2D eigenvalue weighted by Crippen LogP contribution is -2.49. The predicted octanol–water partition coefficient (Wildman–Crippen LogP) is 5.59. The molecule has 0 spiro atoms. The number of pyridine rings is 1. The van der Waals surface area contributed by atoms with Crippen LogP contribution in [0.4, 0.5) is 10.1 Å². The van der Waals surface area contributed by atoms with Gasteiger partial charge < -0.3 is 19.7 Å². The molecule has 4 rings (SSSR count). The summed E-state index contributed by atoms with van der Waals surface area (Å²) in [6.45, 7) is 4.40. The van der Waals surface area contributed by atoms with Crippen molar-refractivity contribution in [1.29, 1.82) is 0 Å². The van der Waals surface area contributed by atoms with Crippen molar-refractivity contribution in [1.82, 2.24) is 9.88 Å². The standard InChI is InChI=1S/C23H21Cl2FN4O2/c1-15-2-8-19(23(27-15)32-21-14-16(24)3-9-20(21)25)22(28-31)30-12-10-29(11-13-30)18-6-4-17(26)5-7-18/h2-9,14,31H,10-13H2,1H3/b28-22-. The van der Waals surface area contributed by atoms with Crippen LogP contribution in [0, 0.1) is 12.7 Å². The predicted molar refractivity (Wildman–Crippen MR) is 124 cm³/mol. The van der Waals surface area contributed by atoms with Crippen LogP contribution in [-0.2, 0) is 0 Å². The van der Waals surface area contributed by atoms with Gasteiger partial charge >= 0.3 is 0 Å². The Morgan fingerprint density at radius 2 is 1.75 bits per heavy atom. The maximum Gasteiger partial charge on any atom is 0.230 e. The summed E-state index contributed by atoms with van der Waals surface area (Å²) in [5.74, 6) is 0.713.